The van der Waals surface area contributed by atoms with Crippen LogP contribution in [0.5, 0.6) is 0 Å². The number of hydrogen-bond donors (Lipinski definition) is 7. The monoisotopic (exact) mass is 564 g/mol. The van der Waals surface area contributed by atoms with Crippen molar-refractivity contribution in [1.29, 1.82) is 0 Å². The van der Waals surface area contributed by atoms with Crippen LogP contribution in [0.2, 0.25) is 0 Å². The second kappa shape index (κ2) is 12.5. The molecule has 150 valence electrons. The minimum absolute atomic E-state index is 0. The molecule has 1 aliphatic rings. The molecule has 1 aliphatic carbocycles. The van der Waals surface area contributed by atoms with Gasteiger partial charge in [-0.3, -0.25) is 14.2 Å². The van der Waals surface area contributed by atoms with Gasteiger partial charge in [-0.2, -0.15) is 0 Å². The normalized spacial score (nSPS) is 21.0. The second-order valence-corrected chi connectivity index (χ2v) is 7.14. The summed E-state index contributed by atoms with van der Waals surface area (Å²) in [4.78, 5) is 48.4. The van der Waals surface area contributed by atoms with Crippen LogP contribution in [0.1, 0.15) is 32.1 Å². The first-order valence-corrected chi connectivity index (χ1v) is 9.02. The van der Waals surface area contributed by atoms with Crippen molar-refractivity contribution in [2.24, 2.45) is 11.5 Å². The molecule has 0 aromatic carbocycles. The molecule has 13 heteroatoms. The fraction of sp³-hybridized carbons (Fsp3) is 0.750. The van der Waals surface area contributed by atoms with Gasteiger partial charge in [-0.15, -0.1) is 0 Å². The van der Waals surface area contributed by atoms with Gasteiger partial charge in [0.25, 0.3) is 0 Å². The minimum atomic E-state index is -4.59. The maximum absolute atomic E-state index is 10.9. The number of nitrogens with two attached hydrogens (primary N) is 2. The quantitative estimate of drug-likeness (QED) is 0.184. The van der Waals surface area contributed by atoms with E-state index in [2.05, 4.69) is 0 Å². The first-order chi connectivity index (χ1) is 10.9. The molecule has 0 aromatic rings. The predicted molar refractivity (Wildman–Crippen MR) is 83.1 cm³/mol. The van der Waals surface area contributed by atoms with E-state index in [1.807, 2.05) is 0 Å². The Morgan fingerprint density at radius 2 is 1.52 bits per heavy atom. The van der Waals surface area contributed by atoms with Gasteiger partial charge in [0.1, 0.15) is 12.2 Å². The molecular formula is C12H24N3O8PPt. The van der Waals surface area contributed by atoms with Crippen molar-refractivity contribution < 1.29 is 60.0 Å². The topological polar surface area (TPSA) is 213 Å². The van der Waals surface area contributed by atoms with Gasteiger partial charge >= 0.3 is 19.5 Å². The molecule has 0 heterocycles. The van der Waals surface area contributed by atoms with Crippen molar-refractivity contribution in [2.75, 3.05) is 6.16 Å². The van der Waals surface area contributed by atoms with Crippen LogP contribution >= 0.6 is 7.60 Å². The van der Waals surface area contributed by atoms with E-state index in [4.69, 9.17) is 31.5 Å². The average molecular weight is 564 g/mol. The number of amides is 1. The van der Waals surface area contributed by atoms with Crippen molar-refractivity contribution in [3.8, 4) is 0 Å². The molecule has 1 amide bonds. The molecule has 0 bridgehead atoms. The van der Waals surface area contributed by atoms with Gasteiger partial charge in [0.2, 0.25) is 5.91 Å². The van der Waals surface area contributed by atoms with Crippen LogP contribution < -0.4 is 16.8 Å². The SMILES string of the molecule is NC1CCCCC1N.O=C(O)C[C@H](NC(=O)CP(=O)(O)O)C(=O)O.[Pt]. The molecule has 1 fully saturated rings. The summed E-state index contributed by atoms with van der Waals surface area (Å²) >= 11 is 0. The number of carboxylic acid groups (broad SMARTS) is 2. The van der Waals surface area contributed by atoms with Gasteiger partial charge in [0.05, 0.1) is 6.42 Å². The first kappa shape index (κ1) is 26.4. The first-order valence-electron chi connectivity index (χ1n) is 7.22. The zero-order chi connectivity index (χ0) is 18.9. The fourth-order valence-corrected chi connectivity index (χ4v) is 2.46. The Hall–Kier alpha value is -0.832. The molecule has 0 spiro atoms. The number of carboxylic acids is 2. The largest absolute Gasteiger partial charge is 0.481 e. The molecule has 25 heavy (non-hydrogen) atoms. The molecule has 11 nitrogen and oxygen atoms in total. The summed E-state index contributed by atoms with van der Waals surface area (Å²) in [7, 11) is -4.59. The van der Waals surface area contributed by atoms with E-state index in [9.17, 15) is 18.9 Å². The zero-order valence-corrected chi connectivity index (χ0v) is 16.5. The molecule has 0 radical (unpaired) electrons. The Morgan fingerprint density at radius 1 is 1.08 bits per heavy atom. The summed E-state index contributed by atoms with van der Waals surface area (Å²) in [6.07, 6.45) is 2.74. The third-order valence-electron chi connectivity index (χ3n) is 3.24. The third kappa shape index (κ3) is 14.1. The zero-order valence-electron chi connectivity index (χ0n) is 13.3. The van der Waals surface area contributed by atoms with E-state index in [0.717, 1.165) is 12.8 Å². The average Bonchev–Trinajstić information content (AvgIpc) is 2.39. The summed E-state index contributed by atoms with van der Waals surface area (Å²) < 4.78 is 10.4. The third-order valence-corrected chi connectivity index (χ3v) is 3.94. The van der Waals surface area contributed by atoms with Crippen LogP contribution in [0.4, 0.5) is 0 Å². The number of carbonyl (C=O) groups excluding carboxylic acids is 1. The van der Waals surface area contributed by atoms with Gasteiger partial charge in [-0.25, -0.2) is 4.79 Å². The summed E-state index contributed by atoms with van der Waals surface area (Å²) in [5.41, 5.74) is 11.3. The van der Waals surface area contributed by atoms with E-state index in [1.54, 1.807) is 5.32 Å². The summed E-state index contributed by atoms with van der Waals surface area (Å²) in [6, 6.07) is -1.15. The van der Waals surface area contributed by atoms with Crippen LogP contribution in [0.3, 0.4) is 0 Å². The van der Waals surface area contributed by atoms with Crippen LogP contribution in [0.15, 0.2) is 0 Å². The molecule has 0 saturated heterocycles. The van der Waals surface area contributed by atoms with Crippen LogP contribution in [0, 0.1) is 0 Å². The Labute approximate surface area is 158 Å². The molecule has 1 rings (SSSR count). The number of rotatable bonds is 6. The Bertz CT molecular complexity index is 491. The van der Waals surface area contributed by atoms with Crippen molar-refractivity contribution in [1.82, 2.24) is 5.32 Å². The fourth-order valence-electron chi connectivity index (χ4n) is 1.99. The smallest absolute Gasteiger partial charge is 0.334 e. The van der Waals surface area contributed by atoms with E-state index in [1.165, 1.54) is 12.8 Å². The number of carbonyl (C=O) groups is 3. The van der Waals surface area contributed by atoms with Gasteiger partial charge in [0, 0.05) is 33.1 Å². The molecule has 2 unspecified atom stereocenters. The minimum Gasteiger partial charge on any atom is -0.481 e. The number of nitrogens with one attached hydrogen (secondary N) is 1. The molecule has 9 N–H and O–H groups in total. The summed E-state index contributed by atoms with van der Waals surface area (Å²) in [5, 5.41) is 18.5. The molecule has 1 saturated carbocycles. The van der Waals surface area contributed by atoms with E-state index >= 15 is 0 Å². The van der Waals surface area contributed by atoms with Gasteiger partial charge in [0.15, 0.2) is 0 Å². The van der Waals surface area contributed by atoms with Crippen LogP contribution in [-0.2, 0) is 40.0 Å². The van der Waals surface area contributed by atoms with Crippen LogP contribution in [-0.4, -0.2) is 62.1 Å². The standard InChI is InChI=1S/C6H14N2.C6H10NO8P.Pt/c7-5-3-1-2-4-6(5)8;8-4(2-16(13,14)15)7-3(6(11)12)1-5(9)10;/h5-6H,1-4,7-8H2;3H,1-2H2,(H,7,8)(H,9,10)(H,11,12)(H2,13,14,15);/t;3-;/m.0./s1. The van der Waals surface area contributed by atoms with Crippen LogP contribution in [0.25, 0.3) is 0 Å². The summed E-state index contributed by atoms with van der Waals surface area (Å²) in [5.74, 6) is -4.27. The molecular weight excluding hydrogens is 540 g/mol. The number of aliphatic carboxylic acids is 2. The van der Waals surface area contributed by atoms with Crippen molar-refractivity contribution in [3.05, 3.63) is 0 Å². The maximum Gasteiger partial charge on any atom is 0.334 e. The molecule has 0 aliphatic heterocycles. The molecule has 0 aromatic heterocycles. The van der Waals surface area contributed by atoms with Crippen molar-refractivity contribution >= 4 is 25.4 Å². The predicted octanol–water partition coefficient (Wildman–Crippen LogP) is -1.58. The Kier molecular flexibility index (Phi) is 13.2. The van der Waals surface area contributed by atoms with E-state index < -0.39 is 44.1 Å². The van der Waals surface area contributed by atoms with E-state index in [-0.39, 0.29) is 33.1 Å². The van der Waals surface area contributed by atoms with Gasteiger partial charge in [-0.1, -0.05) is 12.8 Å². The second-order valence-electron chi connectivity index (χ2n) is 5.49. The Morgan fingerprint density at radius 3 is 1.80 bits per heavy atom. The van der Waals surface area contributed by atoms with Gasteiger partial charge in [-0.05, 0) is 12.8 Å². The van der Waals surface area contributed by atoms with E-state index in [0.29, 0.717) is 0 Å². The number of hydrogen-bond acceptors (Lipinski definition) is 6. The van der Waals surface area contributed by atoms with Gasteiger partial charge < -0.3 is 36.8 Å². The Balaban J connectivity index is 0. The van der Waals surface area contributed by atoms with Crippen molar-refractivity contribution in [3.63, 3.8) is 0 Å². The maximum atomic E-state index is 10.9. The molecule has 3 atom stereocenters. The van der Waals surface area contributed by atoms with Crippen molar-refractivity contribution in [2.45, 2.75) is 50.2 Å². The summed E-state index contributed by atoms with van der Waals surface area (Å²) in [6.45, 7) is 0.